The molecule has 1 atom stereocenters. The summed E-state index contributed by atoms with van der Waals surface area (Å²) in [5.41, 5.74) is 1.63. The van der Waals surface area contributed by atoms with Crippen LogP contribution in [0.1, 0.15) is 13.8 Å². The van der Waals surface area contributed by atoms with E-state index in [1.54, 1.807) is 12.1 Å². The molecule has 2 heterocycles. The third-order valence-electron chi connectivity index (χ3n) is 5.01. The van der Waals surface area contributed by atoms with Gasteiger partial charge in [0.2, 0.25) is 0 Å². The monoisotopic (exact) mass is 405 g/mol. The van der Waals surface area contributed by atoms with Gasteiger partial charge >= 0.3 is 0 Å². The Morgan fingerprint density at radius 1 is 1.13 bits per heavy atom. The molecule has 0 radical (unpaired) electrons. The zero-order valence-electron chi connectivity index (χ0n) is 16.7. The summed E-state index contributed by atoms with van der Waals surface area (Å²) < 4.78 is 7.47. The SMILES string of the molecule is CC(C)(O)[C@@H](O)COc1ccc(-c2cn(-c3ccccc3)c3nc[nH]c(=O)c23)cc1. The molecular formula is C23H23N3O4. The van der Waals surface area contributed by atoms with Gasteiger partial charge in [-0.3, -0.25) is 4.79 Å². The molecule has 154 valence electrons. The number of rotatable bonds is 6. The Morgan fingerprint density at radius 3 is 2.50 bits per heavy atom. The molecule has 0 aliphatic carbocycles. The van der Waals surface area contributed by atoms with E-state index >= 15 is 0 Å². The summed E-state index contributed by atoms with van der Waals surface area (Å²) in [7, 11) is 0. The molecule has 7 heteroatoms. The summed E-state index contributed by atoms with van der Waals surface area (Å²) in [6.07, 6.45) is 2.29. The number of nitrogens with zero attached hydrogens (tertiary/aromatic N) is 2. The lowest BCUT2D eigenvalue weighted by atomic mass is 10.0. The highest BCUT2D eigenvalue weighted by Crippen LogP contribution is 2.30. The normalized spacial score (nSPS) is 12.8. The fourth-order valence-corrected chi connectivity index (χ4v) is 3.18. The smallest absolute Gasteiger partial charge is 0.260 e. The number of para-hydroxylation sites is 1. The highest BCUT2D eigenvalue weighted by molar-refractivity contribution is 5.94. The number of hydrogen-bond donors (Lipinski definition) is 3. The summed E-state index contributed by atoms with van der Waals surface area (Å²) >= 11 is 0. The van der Waals surface area contributed by atoms with Gasteiger partial charge in [0.05, 0.1) is 17.3 Å². The average Bonchev–Trinajstić information content (AvgIpc) is 3.13. The van der Waals surface area contributed by atoms with Gasteiger partial charge in [-0.05, 0) is 43.7 Å². The molecule has 2 aromatic heterocycles. The largest absolute Gasteiger partial charge is 0.491 e. The van der Waals surface area contributed by atoms with Gasteiger partial charge in [-0.1, -0.05) is 30.3 Å². The second kappa shape index (κ2) is 7.78. The first-order chi connectivity index (χ1) is 14.3. The van der Waals surface area contributed by atoms with Crippen molar-refractivity contribution in [3.8, 4) is 22.6 Å². The molecule has 0 aliphatic rings. The summed E-state index contributed by atoms with van der Waals surface area (Å²) in [5, 5.41) is 20.2. The number of benzene rings is 2. The van der Waals surface area contributed by atoms with Gasteiger partial charge in [-0.15, -0.1) is 0 Å². The van der Waals surface area contributed by atoms with E-state index in [2.05, 4.69) is 9.97 Å². The Labute approximate surface area is 173 Å². The zero-order chi connectivity index (χ0) is 21.3. The Balaban J connectivity index is 1.69. The van der Waals surface area contributed by atoms with E-state index in [0.29, 0.717) is 16.8 Å². The molecule has 4 rings (SSSR count). The van der Waals surface area contributed by atoms with Crippen molar-refractivity contribution < 1.29 is 14.9 Å². The van der Waals surface area contributed by atoms with Crippen LogP contribution in [0.2, 0.25) is 0 Å². The maximum Gasteiger partial charge on any atom is 0.260 e. The molecule has 2 aromatic carbocycles. The fraction of sp³-hybridized carbons (Fsp3) is 0.217. The molecule has 0 saturated heterocycles. The second-order valence-corrected chi connectivity index (χ2v) is 7.68. The van der Waals surface area contributed by atoms with E-state index in [-0.39, 0.29) is 12.2 Å². The zero-order valence-corrected chi connectivity index (χ0v) is 16.7. The first-order valence-corrected chi connectivity index (χ1v) is 9.62. The minimum Gasteiger partial charge on any atom is -0.491 e. The highest BCUT2D eigenvalue weighted by Gasteiger charge is 2.25. The molecular weight excluding hydrogens is 382 g/mol. The molecule has 0 fully saturated rings. The van der Waals surface area contributed by atoms with Gasteiger partial charge in [0.1, 0.15) is 18.5 Å². The van der Waals surface area contributed by atoms with Crippen molar-refractivity contribution in [3.05, 3.63) is 77.5 Å². The van der Waals surface area contributed by atoms with Gasteiger partial charge in [-0.25, -0.2) is 4.98 Å². The number of ether oxygens (including phenoxy) is 1. The molecule has 7 nitrogen and oxygen atoms in total. The van der Waals surface area contributed by atoms with Crippen LogP contribution < -0.4 is 10.3 Å². The van der Waals surface area contributed by atoms with Crippen LogP contribution >= 0.6 is 0 Å². The molecule has 0 saturated carbocycles. The molecule has 0 spiro atoms. The third-order valence-corrected chi connectivity index (χ3v) is 5.01. The Hall–Kier alpha value is -3.42. The Bertz CT molecular complexity index is 1210. The maximum atomic E-state index is 12.6. The standard InChI is InChI=1S/C23H23N3O4/c1-23(2,29)19(27)13-30-17-10-8-15(9-11-17)18-12-26(16-6-4-3-5-7-16)21-20(18)22(28)25-14-24-21/h3-12,14,19,27,29H,13H2,1-2H3,(H,24,25,28)/t19-/m0/s1. The number of aromatic amines is 1. The molecule has 4 aromatic rings. The first kappa shape index (κ1) is 19.9. The van der Waals surface area contributed by atoms with E-state index in [1.807, 2.05) is 53.2 Å². The van der Waals surface area contributed by atoms with Crippen molar-refractivity contribution in [2.45, 2.75) is 25.6 Å². The van der Waals surface area contributed by atoms with Gasteiger partial charge in [0.25, 0.3) is 5.56 Å². The number of hydrogen-bond acceptors (Lipinski definition) is 5. The minimum absolute atomic E-state index is 0.0280. The highest BCUT2D eigenvalue weighted by atomic mass is 16.5. The van der Waals surface area contributed by atoms with Crippen molar-refractivity contribution >= 4 is 11.0 Å². The summed E-state index contributed by atoms with van der Waals surface area (Å²) in [4.78, 5) is 19.6. The van der Waals surface area contributed by atoms with Crippen LogP contribution in [-0.2, 0) is 0 Å². The lowest BCUT2D eigenvalue weighted by molar-refractivity contribution is -0.0661. The van der Waals surface area contributed by atoms with Crippen LogP contribution in [-0.4, -0.2) is 43.1 Å². The van der Waals surface area contributed by atoms with Crippen LogP contribution in [0.5, 0.6) is 5.75 Å². The van der Waals surface area contributed by atoms with Crippen LogP contribution in [0.3, 0.4) is 0 Å². The molecule has 0 aliphatic heterocycles. The predicted octanol–water partition coefficient (Wildman–Crippen LogP) is 2.89. The summed E-state index contributed by atoms with van der Waals surface area (Å²) in [6.45, 7) is 3.02. The van der Waals surface area contributed by atoms with Crippen LogP contribution in [0.25, 0.3) is 27.8 Å². The number of fused-ring (bicyclic) bond motifs is 1. The third kappa shape index (κ3) is 3.85. The minimum atomic E-state index is -1.24. The molecule has 3 N–H and O–H groups in total. The van der Waals surface area contributed by atoms with Crippen LogP contribution in [0.15, 0.2) is 71.9 Å². The predicted molar refractivity (Wildman–Crippen MR) is 115 cm³/mol. The number of nitrogens with one attached hydrogen (secondary N) is 1. The van der Waals surface area contributed by atoms with Crippen molar-refractivity contribution in [2.75, 3.05) is 6.61 Å². The van der Waals surface area contributed by atoms with E-state index in [1.165, 1.54) is 20.2 Å². The lowest BCUT2D eigenvalue weighted by Crippen LogP contribution is -2.40. The van der Waals surface area contributed by atoms with Crippen molar-refractivity contribution in [2.24, 2.45) is 0 Å². The van der Waals surface area contributed by atoms with Crippen molar-refractivity contribution in [3.63, 3.8) is 0 Å². The number of aliphatic hydroxyl groups is 2. The van der Waals surface area contributed by atoms with Crippen molar-refractivity contribution in [1.82, 2.24) is 14.5 Å². The molecule has 30 heavy (non-hydrogen) atoms. The van der Waals surface area contributed by atoms with Gasteiger partial charge < -0.3 is 24.5 Å². The number of aliphatic hydroxyl groups excluding tert-OH is 1. The van der Waals surface area contributed by atoms with E-state index in [9.17, 15) is 15.0 Å². The Morgan fingerprint density at radius 2 is 1.83 bits per heavy atom. The van der Waals surface area contributed by atoms with E-state index in [0.717, 1.165) is 16.8 Å². The fourth-order valence-electron chi connectivity index (χ4n) is 3.18. The van der Waals surface area contributed by atoms with Crippen LogP contribution in [0.4, 0.5) is 0 Å². The number of aromatic nitrogens is 3. The quantitative estimate of drug-likeness (QED) is 0.458. The van der Waals surface area contributed by atoms with Crippen LogP contribution in [0, 0.1) is 0 Å². The maximum absolute atomic E-state index is 12.6. The second-order valence-electron chi connectivity index (χ2n) is 7.68. The van der Waals surface area contributed by atoms with Gasteiger partial charge in [-0.2, -0.15) is 0 Å². The molecule has 0 bridgehead atoms. The van der Waals surface area contributed by atoms with Gasteiger partial charge in [0, 0.05) is 17.4 Å². The summed E-state index contributed by atoms with van der Waals surface area (Å²) in [6, 6.07) is 16.9. The van der Waals surface area contributed by atoms with E-state index < -0.39 is 11.7 Å². The summed E-state index contributed by atoms with van der Waals surface area (Å²) in [5.74, 6) is 0.556. The lowest BCUT2D eigenvalue weighted by Gasteiger charge is -2.24. The van der Waals surface area contributed by atoms with Gasteiger partial charge in [0.15, 0.2) is 5.65 Å². The molecule has 0 unspecified atom stereocenters. The topological polar surface area (TPSA) is 100 Å². The Kier molecular flexibility index (Phi) is 5.15. The molecule has 0 amide bonds. The first-order valence-electron chi connectivity index (χ1n) is 9.62. The average molecular weight is 405 g/mol. The van der Waals surface area contributed by atoms with E-state index in [4.69, 9.17) is 4.74 Å². The number of H-pyrrole nitrogens is 1. The van der Waals surface area contributed by atoms with Crippen molar-refractivity contribution in [1.29, 1.82) is 0 Å².